The van der Waals surface area contributed by atoms with Crippen LogP contribution in [-0.2, 0) is 4.79 Å². The van der Waals surface area contributed by atoms with E-state index in [1.54, 1.807) is 18.2 Å². The van der Waals surface area contributed by atoms with Gasteiger partial charge in [0.15, 0.2) is 5.11 Å². The molecule has 0 radical (unpaired) electrons. The number of furan rings is 1. The molecule has 0 unspecified atom stereocenters. The number of halogens is 1. The summed E-state index contributed by atoms with van der Waals surface area (Å²) in [5, 5.41) is 3.96. The van der Waals surface area contributed by atoms with E-state index in [9.17, 15) is 4.79 Å². The van der Waals surface area contributed by atoms with E-state index in [0.717, 1.165) is 23.4 Å². The topological polar surface area (TPSA) is 45.5 Å². The van der Waals surface area contributed by atoms with Gasteiger partial charge in [0.25, 0.3) is 5.91 Å². The molecule has 1 saturated heterocycles. The molecule has 2 fully saturated rings. The number of thiocarbonyl (C=S) groups is 1. The van der Waals surface area contributed by atoms with Crippen molar-refractivity contribution >= 4 is 46.6 Å². The quantitative estimate of drug-likeness (QED) is 0.630. The Morgan fingerprint density at radius 3 is 2.80 bits per heavy atom. The maximum absolute atomic E-state index is 12.8. The van der Waals surface area contributed by atoms with Crippen molar-refractivity contribution in [3.8, 4) is 0 Å². The SMILES string of the molecule is Cc1cc(Cl)ccc1N1C(=O)/C(=C/c2ccc([C@H]3C[C@@H]3C)o2)NC1=S. The number of hydrogen-bond donors (Lipinski definition) is 1. The number of rotatable bonds is 3. The van der Waals surface area contributed by atoms with Crippen LogP contribution in [0, 0.1) is 12.8 Å². The van der Waals surface area contributed by atoms with Crippen LogP contribution in [0.15, 0.2) is 40.4 Å². The maximum atomic E-state index is 12.8. The van der Waals surface area contributed by atoms with Crippen molar-refractivity contribution in [3.05, 3.63) is 58.1 Å². The van der Waals surface area contributed by atoms with Gasteiger partial charge in [-0.2, -0.15) is 0 Å². The fourth-order valence-corrected chi connectivity index (χ4v) is 3.65. The lowest BCUT2D eigenvalue weighted by molar-refractivity contribution is -0.113. The smallest absolute Gasteiger partial charge is 0.281 e. The average Bonchev–Trinajstić information content (AvgIpc) is 2.99. The molecule has 0 spiro atoms. The number of hydrogen-bond acceptors (Lipinski definition) is 3. The summed E-state index contributed by atoms with van der Waals surface area (Å²) >= 11 is 11.3. The van der Waals surface area contributed by atoms with Gasteiger partial charge in [0.05, 0.1) is 5.69 Å². The summed E-state index contributed by atoms with van der Waals surface area (Å²) in [6.07, 6.45) is 2.87. The van der Waals surface area contributed by atoms with Gasteiger partial charge >= 0.3 is 0 Å². The van der Waals surface area contributed by atoms with Crippen LogP contribution in [0.1, 0.15) is 36.3 Å². The predicted octanol–water partition coefficient (Wildman–Crippen LogP) is 4.63. The summed E-state index contributed by atoms with van der Waals surface area (Å²) in [5.41, 5.74) is 2.01. The van der Waals surface area contributed by atoms with E-state index in [4.69, 9.17) is 28.2 Å². The molecular formula is C19H17ClN2O2S. The van der Waals surface area contributed by atoms with E-state index < -0.39 is 0 Å². The number of anilines is 1. The van der Waals surface area contributed by atoms with E-state index in [1.165, 1.54) is 4.90 Å². The molecule has 1 aromatic heterocycles. The second kappa shape index (κ2) is 6.00. The number of carbonyl (C=O) groups excluding carboxylic acids is 1. The highest BCUT2D eigenvalue weighted by atomic mass is 35.5. The summed E-state index contributed by atoms with van der Waals surface area (Å²) in [6.45, 7) is 4.10. The molecule has 128 valence electrons. The molecule has 4 rings (SSSR count). The van der Waals surface area contributed by atoms with Crippen molar-refractivity contribution in [2.24, 2.45) is 5.92 Å². The number of amides is 1. The summed E-state index contributed by atoms with van der Waals surface area (Å²) < 4.78 is 5.86. The second-order valence-corrected chi connectivity index (χ2v) is 7.44. The van der Waals surface area contributed by atoms with Crippen LogP contribution in [0.5, 0.6) is 0 Å². The molecule has 1 aliphatic carbocycles. The molecule has 2 aromatic rings. The molecule has 1 aliphatic heterocycles. The Kier molecular flexibility index (Phi) is 3.93. The van der Waals surface area contributed by atoms with E-state index in [2.05, 4.69) is 12.2 Å². The van der Waals surface area contributed by atoms with Crippen LogP contribution in [0.3, 0.4) is 0 Å². The Morgan fingerprint density at radius 2 is 2.12 bits per heavy atom. The largest absolute Gasteiger partial charge is 0.461 e. The Balaban J connectivity index is 1.61. The lowest BCUT2D eigenvalue weighted by atomic mass is 10.2. The molecular weight excluding hydrogens is 356 g/mol. The minimum atomic E-state index is -0.201. The van der Waals surface area contributed by atoms with Crippen LogP contribution >= 0.6 is 23.8 Å². The zero-order valence-electron chi connectivity index (χ0n) is 13.9. The van der Waals surface area contributed by atoms with Gasteiger partial charge in [-0.05, 0) is 67.4 Å². The Morgan fingerprint density at radius 1 is 1.36 bits per heavy atom. The Labute approximate surface area is 156 Å². The van der Waals surface area contributed by atoms with Crippen LogP contribution < -0.4 is 10.2 Å². The molecule has 25 heavy (non-hydrogen) atoms. The van der Waals surface area contributed by atoms with Crippen LogP contribution in [0.25, 0.3) is 6.08 Å². The highest BCUT2D eigenvalue weighted by molar-refractivity contribution is 7.80. The van der Waals surface area contributed by atoms with Gasteiger partial charge in [-0.1, -0.05) is 18.5 Å². The zero-order valence-corrected chi connectivity index (χ0v) is 15.4. The Bertz CT molecular complexity index is 918. The van der Waals surface area contributed by atoms with Gasteiger partial charge in [0.2, 0.25) is 0 Å². The highest BCUT2D eigenvalue weighted by Crippen LogP contribution is 2.47. The van der Waals surface area contributed by atoms with Gasteiger partial charge < -0.3 is 9.73 Å². The molecule has 2 atom stereocenters. The summed E-state index contributed by atoms with van der Waals surface area (Å²) in [4.78, 5) is 14.3. The van der Waals surface area contributed by atoms with Gasteiger partial charge in [0, 0.05) is 17.0 Å². The van der Waals surface area contributed by atoms with Crippen LogP contribution in [0.4, 0.5) is 5.69 Å². The molecule has 4 nitrogen and oxygen atoms in total. The van der Waals surface area contributed by atoms with Gasteiger partial charge in [-0.25, -0.2) is 0 Å². The number of aryl methyl sites for hydroxylation is 1. The fraction of sp³-hybridized carbons (Fsp3) is 0.263. The fourth-order valence-electron chi connectivity index (χ4n) is 3.13. The van der Waals surface area contributed by atoms with Crippen molar-refractivity contribution in [3.63, 3.8) is 0 Å². The van der Waals surface area contributed by atoms with Gasteiger partial charge in [-0.3, -0.25) is 9.69 Å². The molecule has 1 N–H and O–H groups in total. The van der Waals surface area contributed by atoms with Crippen molar-refractivity contribution < 1.29 is 9.21 Å². The highest BCUT2D eigenvalue weighted by Gasteiger charge is 2.37. The molecule has 1 aromatic carbocycles. The Hall–Kier alpha value is -2.11. The van der Waals surface area contributed by atoms with Crippen LogP contribution in [0.2, 0.25) is 5.02 Å². The van der Waals surface area contributed by atoms with E-state index >= 15 is 0 Å². The predicted molar refractivity (Wildman–Crippen MR) is 103 cm³/mol. The molecule has 0 bridgehead atoms. The summed E-state index contributed by atoms with van der Waals surface area (Å²) in [5.74, 6) is 2.62. The van der Waals surface area contributed by atoms with Crippen molar-refractivity contribution in [2.75, 3.05) is 4.90 Å². The van der Waals surface area contributed by atoms with Crippen molar-refractivity contribution in [2.45, 2.75) is 26.2 Å². The van der Waals surface area contributed by atoms with E-state index in [1.807, 2.05) is 25.1 Å². The third-order valence-corrected chi connectivity index (χ3v) is 5.21. The molecule has 2 aliphatic rings. The lowest BCUT2D eigenvalue weighted by Gasteiger charge is -2.16. The number of nitrogens with zero attached hydrogens (tertiary/aromatic N) is 1. The summed E-state index contributed by atoms with van der Waals surface area (Å²) in [6, 6.07) is 9.23. The molecule has 6 heteroatoms. The van der Waals surface area contributed by atoms with Crippen molar-refractivity contribution in [1.29, 1.82) is 0 Å². The average molecular weight is 373 g/mol. The third-order valence-electron chi connectivity index (χ3n) is 4.69. The van der Waals surface area contributed by atoms with Crippen molar-refractivity contribution in [1.82, 2.24) is 5.32 Å². The third kappa shape index (κ3) is 2.98. The number of nitrogens with one attached hydrogen (secondary N) is 1. The normalized spacial score (nSPS) is 24.1. The minimum absolute atomic E-state index is 0.201. The first-order valence-corrected chi connectivity index (χ1v) is 8.95. The van der Waals surface area contributed by atoms with Gasteiger partial charge in [-0.15, -0.1) is 0 Å². The monoisotopic (exact) mass is 372 g/mol. The standard InChI is InChI=1S/C19H17ClN2O2S/c1-10-8-14(10)17-6-4-13(24-17)9-15-18(23)22(19(25)21-15)16-5-3-12(20)7-11(16)2/h3-7,9-10,14H,8H2,1-2H3,(H,21,25)/b15-9-/t10-,14-/m0/s1. The lowest BCUT2D eigenvalue weighted by Crippen LogP contribution is -2.30. The zero-order chi connectivity index (χ0) is 17.7. The second-order valence-electron chi connectivity index (χ2n) is 6.62. The molecule has 1 saturated carbocycles. The number of carbonyl (C=O) groups is 1. The van der Waals surface area contributed by atoms with Gasteiger partial charge in [0.1, 0.15) is 17.2 Å². The maximum Gasteiger partial charge on any atom is 0.281 e. The van der Waals surface area contributed by atoms with Crippen LogP contribution in [-0.4, -0.2) is 11.0 Å². The first-order chi connectivity index (χ1) is 11.9. The van der Waals surface area contributed by atoms with E-state index in [-0.39, 0.29) is 5.91 Å². The van der Waals surface area contributed by atoms with E-state index in [0.29, 0.717) is 33.4 Å². The molecule has 1 amide bonds. The minimum Gasteiger partial charge on any atom is -0.461 e. The first kappa shape index (κ1) is 16.4. The first-order valence-electron chi connectivity index (χ1n) is 8.17. The number of benzene rings is 1. The molecule has 2 heterocycles. The summed E-state index contributed by atoms with van der Waals surface area (Å²) in [7, 11) is 0.